The molecule has 2 atom stereocenters. The molecule has 0 bridgehead atoms. The first-order valence-electron chi connectivity index (χ1n) is 5.74. The van der Waals surface area contributed by atoms with Gasteiger partial charge < -0.3 is 4.74 Å². The van der Waals surface area contributed by atoms with E-state index in [-0.39, 0.29) is 16.1 Å². The van der Waals surface area contributed by atoms with E-state index >= 15 is 0 Å². The molecule has 0 aliphatic carbocycles. The highest BCUT2D eigenvalue weighted by Gasteiger charge is 2.52. The maximum Gasteiger partial charge on any atom is 0.355 e. The number of ether oxygens (including phenoxy) is 1. The molecule has 100 valence electrons. The van der Waals surface area contributed by atoms with Gasteiger partial charge in [-0.2, -0.15) is 0 Å². The summed E-state index contributed by atoms with van der Waals surface area (Å²) >= 11 is 5.00. The van der Waals surface area contributed by atoms with Gasteiger partial charge in [0.2, 0.25) is 5.91 Å². The Labute approximate surface area is 119 Å². The Morgan fingerprint density at radius 1 is 1.50 bits per heavy atom. The second-order valence-electron chi connectivity index (χ2n) is 5.44. The van der Waals surface area contributed by atoms with Gasteiger partial charge in [-0.15, -0.1) is 11.8 Å². The molecule has 0 spiro atoms. The quantitative estimate of drug-likeness (QED) is 0.419. The largest absolute Gasteiger partial charge is 0.455 e. The predicted octanol–water partition coefficient (Wildman–Crippen LogP) is 2.28. The highest BCUT2D eigenvalue weighted by Crippen LogP contribution is 2.43. The molecule has 0 N–H and O–H groups in total. The summed E-state index contributed by atoms with van der Waals surface area (Å²) in [5, 5.41) is 0.0173. The standard InChI is InChI=1S/C12H16BrNO3S/c1-6-5-18-10-7(13)9(15)14(10)8(6)11(16)17-12(2,3)4/h7,10H,5H2,1-4H3/t7-,10+/m0/s1. The van der Waals surface area contributed by atoms with Crippen molar-refractivity contribution in [2.24, 2.45) is 0 Å². The normalized spacial score (nSPS) is 27.8. The van der Waals surface area contributed by atoms with Gasteiger partial charge >= 0.3 is 5.97 Å². The van der Waals surface area contributed by atoms with Crippen LogP contribution in [0, 0.1) is 0 Å². The molecule has 4 nitrogen and oxygen atoms in total. The number of halogens is 1. The van der Waals surface area contributed by atoms with E-state index in [4.69, 9.17) is 4.74 Å². The smallest absolute Gasteiger partial charge is 0.355 e. The van der Waals surface area contributed by atoms with Crippen molar-refractivity contribution in [3.05, 3.63) is 11.3 Å². The fraction of sp³-hybridized carbons (Fsp3) is 0.667. The van der Waals surface area contributed by atoms with Crippen LogP contribution in [-0.4, -0.2) is 38.3 Å². The summed E-state index contributed by atoms with van der Waals surface area (Å²) < 4.78 is 5.37. The molecule has 0 aromatic heterocycles. The van der Waals surface area contributed by atoms with Crippen molar-refractivity contribution in [1.29, 1.82) is 0 Å². The minimum absolute atomic E-state index is 0.0173. The summed E-state index contributed by atoms with van der Waals surface area (Å²) in [6.45, 7) is 7.33. The summed E-state index contributed by atoms with van der Waals surface area (Å²) in [5.41, 5.74) is 0.777. The number of carbonyl (C=O) groups is 2. The lowest BCUT2D eigenvalue weighted by atomic mass is 10.1. The van der Waals surface area contributed by atoms with E-state index in [1.165, 1.54) is 0 Å². The lowest BCUT2D eigenvalue weighted by molar-refractivity contribution is -0.156. The van der Waals surface area contributed by atoms with E-state index in [0.717, 1.165) is 11.3 Å². The summed E-state index contributed by atoms with van der Waals surface area (Å²) in [7, 11) is 0. The third-order valence-corrected chi connectivity index (χ3v) is 5.35. The summed E-state index contributed by atoms with van der Waals surface area (Å²) in [4.78, 5) is 25.4. The second kappa shape index (κ2) is 4.56. The van der Waals surface area contributed by atoms with Crippen molar-refractivity contribution in [1.82, 2.24) is 4.90 Å². The first-order valence-corrected chi connectivity index (χ1v) is 7.70. The zero-order valence-corrected chi connectivity index (χ0v) is 13.2. The SMILES string of the molecule is CC1=C(C(=O)OC(C)(C)C)N2C(=O)[C@H](Br)[C@H]2SC1. The van der Waals surface area contributed by atoms with Crippen molar-refractivity contribution < 1.29 is 14.3 Å². The second-order valence-corrected chi connectivity index (χ2v) is 7.53. The highest BCUT2D eigenvalue weighted by molar-refractivity contribution is 9.10. The van der Waals surface area contributed by atoms with E-state index in [1.807, 2.05) is 27.7 Å². The van der Waals surface area contributed by atoms with Crippen LogP contribution in [-0.2, 0) is 14.3 Å². The molecule has 18 heavy (non-hydrogen) atoms. The summed E-state index contributed by atoms with van der Waals surface area (Å²) in [6.07, 6.45) is 0. The van der Waals surface area contributed by atoms with E-state index in [0.29, 0.717) is 5.70 Å². The van der Waals surface area contributed by atoms with Crippen LogP contribution in [0.25, 0.3) is 0 Å². The number of hydrogen-bond donors (Lipinski definition) is 0. The third-order valence-electron chi connectivity index (χ3n) is 2.69. The Morgan fingerprint density at radius 2 is 2.11 bits per heavy atom. The minimum atomic E-state index is -0.549. The van der Waals surface area contributed by atoms with Crippen molar-refractivity contribution in [3.63, 3.8) is 0 Å². The molecule has 0 radical (unpaired) electrons. The Morgan fingerprint density at radius 3 is 2.67 bits per heavy atom. The van der Waals surface area contributed by atoms with Crippen LogP contribution in [0.15, 0.2) is 11.3 Å². The zero-order valence-electron chi connectivity index (χ0n) is 10.8. The maximum absolute atomic E-state index is 12.2. The molecule has 2 aliphatic rings. The van der Waals surface area contributed by atoms with Crippen molar-refractivity contribution in [2.75, 3.05) is 5.75 Å². The van der Waals surface area contributed by atoms with Crippen LogP contribution < -0.4 is 0 Å². The van der Waals surface area contributed by atoms with Crippen LogP contribution in [0.2, 0.25) is 0 Å². The molecular formula is C12H16BrNO3S. The van der Waals surface area contributed by atoms with Crippen molar-refractivity contribution in [3.8, 4) is 0 Å². The van der Waals surface area contributed by atoms with E-state index in [1.54, 1.807) is 16.7 Å². The molecule has 2 heterocycles. The number of rotatable bonds is 1. The van der Waals surface area contributed by atoms with E-state index in [2.05, 4.69) is 15.9 Å². The van der Waals surface area contributed by atoms with Gasteiger partial charge in [0.1, 0.15) is 21.5 Å². The van der Waals surface area contributed by atoms with E-state index in [9.17, 15) is 9.59 Å². The van der Waals surface area contributed by atoms with Crippen LogP contribution in [0.4, 0.5) is 0 Å². The van der Waals surface area contributed by atoms with Crippen LogP contribution in [0.5, 0.6) is 0 Å². The summed E-state index contributed by atoms with van der Waals surface area (Å²) in [5.74, 6) is 0.288. The molecule has 0 aromatic carbocycles. The van der Waals surface area contributed by atoms with Gasteiger partial charge in [-0.05, 0) is 33.3 Å². The summed E-state index contributed by atoms with van der Waals surface area (Å²) in [6, 6.07) is 0. The Balaban J connectivity index is 2.25. The van der Waals surface area contributed by atoms with Gasteiger partial charge in [0, 0.05) is 5.75 Å². The molecule has 0 aromatic rings. The van der Waals surface area contributed by atoms with Gasteiger partial charge in [-0.3, -0.25) is 9.69 Å². The molecule has 1 fully saturated rings. The molecular weight excluding hydrogens is 318 g/mol. The number of carbonyl (C=O) groups excluding carboxylic acids is 2. The average molecular weight is 334 g/mol. The number of amides is 1. The van der Waals surface area contributed by atoms with Gasteiger partial charge in [0.15, 0.2) is 0 Å². The Kier molecular flexibility index (Phi) is 3.53. The zero-order chi connectivity index (χ0) is 13.7. The molecule has 2 aliphatic heterocycles. The topological polar surface area (TPSA) is 46.6 Å². The van der Waals surface area contributed by atoms with Crippen molar-refractivity contribution >= 4 is 39.6 Å². The first kappa shape index (κ1) is 13.9. The van der Waals surface area contributed by atoms with Crippen LogP contribution in [0.1, 0.15) is 27.7 Å². The van der Waals surface area contributed by atoms with Gasteiger partial charge in [-0.1, -0.05) is 15.9 Å². The number of esters is 1. The first-order chi connectivity index (χ1) is 8.22. The van der Waals surface area contributed by atoms with Crippen LogP contribution >= 0.6 is 27.7 Å². The third kappa shape index (κ3) is 2.32. The number of β-lactam (4-membered cyclic amide) rings is 1. The highest BCUT2D eigenvalue weighted by atomic mass is 79.9. The lowest BCUT2D eigenvalue weighted by Crippen LogP contribution is -2.62. The number of nitrogens with zero attached hydrogens (tertiary/aromatic N) is 1. The number of hydrogen-bond acceptors (Lipinski definition) is 4. The van der Waals surface area contributed by atoms with Gasteiger partial charge in [-0.25, -0.2) is 4.79 Å². The molecule has 1 amide bonds. The fourth-order valence-electron chi connectivity index (χ4n) is 1.91. The van der Waals surface area contributed by atoms with E-state index < -0.39 is 11.6 Å². The van der Waals surface area contributed by atoms with Gasteiger partial charge in [0.05, 0.1) is 0 Å². The molecule has 6 heteroatoms. The van der Waals surface area contributed by atoms with Crippen LogP contribution in [0.3, 0.4) is 0 Å². The predicted molar refractivity (Wildman–Crippen MR) is 74.4 cm³/mol. The Hall–Kier alpha value is -0.490. The van der Waals surface area contributed by atoms with Gasteiger partial charge in [0.25, 0.3) is 0 Å². The molecule has 0 saturated carbocycles. The molecule has 2 rings (SSSR count). The molecule has 1 saturated heterocycles. The lowest BCUT2D eigenvalue weighted by Gasteiger charge is -2.47. The fourth-order valence-corrected chi connectivity index (χ4v) is 4.02. The van der Waals surface area contributed by atoms with Crippen molar-refractivity contribution in [2.45, 2.75) is 43.5 Å². The number of fused-ring (bicyclic) bond motifs is 1. The Bertz CT molecular complexity index is 441. The minimum Gasteiger partial charge on any atom is -0.455 e. The number of thioether (sulfide) groups is 1. The maximum atomic E-state index is 12.2. The molecule has 0 unspecified atom stereocenters. The number of alkyl halides is 1. The average Bonchev–Trinajstić information content (AvgIpc) is 2.25. The monoisotopic (exact) mass is 333 g/mol.